The summed E-state index contributed by atoms with van der Waals surface area (Å²) < 4.78 is 44.0. The first-order valence-corrected chi connectivity index (χ1v) is 6.04. The summed E-state index contributed by atoms with van der Waals surface area (Å²) in [5, 5.41) is 0. The van der Waals surface area contributed by atoms with Gasteiger partial charge < -0.3 is 18.8 Å². The second-order valence-electron chi connectivity index (χ2n) is 3.79. The van der Waals surface area contributed by atoms with Gasteiger partial charge in [-0.1, -0.05) is 12.1 Å². The van der Waals surface area contributed by atoms with Crippen molar-refractivity contribution in [3.8, 4) is 23.0 Å². The minimum absolute atomic E-state index is 0.349. The lowest BCUT2D eigenvalue weighted by atomic mass is 10.3. The van der Waals surface area contributed by atoms with Crippen LogP contribution in [0.2, 0.25) is 0 Å². The van der Waals surface area contributed by atoms with Gasteiger partial charge in [-0.05, 0) is 24.3 Å². The Morgan fingerprint density at radius 3 is 1.57 bits per heavy atom. The lowest BCUT2D eigenvalue weighted by Gasteiger charge is -2.09. The van der Waals surface area contributed by atoms with Crippen LogP contribution in [0.3, 0.4) is 0 Å². The molecule has 2 aromatic carbocycles. The Balaban J connectivity index is 1.86. The molecule has 0 unspecified atom stereocenters. The van der Waals surface area contributed by atoms with Crippen molar-refractivity contribution in [3.05, 3.63) is 48.5 Å². The van der Waals surface area contributed by atoms with E-state index in [2.05, 4.69) is 0 Å². The maximum atomic E-state index is 12.1. The monoisotopic (exact) mass is 293 g/mol. The fourth-order valence-electron chi connectivity index (χ4n) is 1.54. The van der Waals surface area contributed by atoms with E-state index in [1.54, 1.807) is 36.4 Å². The number of rotatable bonds is 8. The lowest BCUT2D eigenvalue weighted by Crippen LogP contribution is -2.11. The molecule has 0 N–H and O–H groups in total. The van der Waals surface area contributed by atoms with E-state index in [-0.39, 0.29) is 0 Å². The van der Waals surface area contributed by atoms with Gasteiger partial charge in [0.15, 0.2) is 0 Å². The number of hydrogen-bond acceptors (Lipinski definition) is 4. The maximum Gasteiger partial charge on any atom is 0.658 e. The van der Waals surface area contributed by atoms with Gasteiger partial charge in [-0.3, -0.25) is 0 Å². The van der Waals surface area contributed by atoms with Crippen LogP contribution in [-0.4, -0.2) is 21.4 Å². The third-order valence-corrected chi connectivity index (χ3v) is 2.42. The number of alkyl halides is 2. The smallest absolute Gasteiger partial charge is 0.526 e. The zero-order valence-electron chi connectivity index (χ0n) is 11.0. The molecule has 109 valence electrons. The average Bonchev–Trinajstić information content (AvgIpc) is 2.49. The predicted molar refractivity (Wildman–Crippen MR) is 73.1 cm³/mol. The van der Waals surface area contributed by atoms with Gasteiger partial charge in [0.2, 0.25) is 13.7 Å². The molecule has 0 bridgehead atoms. The molecule has 2 rings (SSSR count). The SMILES string of the molecule is FCOc1cccc(O[B]Oc2cccc(OCF)c2)c1. The van der Waals surface area contributed by atoms with Crippen molar-refractivity contribution in [1.82, 2.24) is 0 Å². The second kappa shape index (κ2) is 7.99. The van der Waals surface area contributed by atoms with Crippen molar-refractivity contribution in [2.75, 3.05) is 13.7 Å². The van der Waals surface area contributed by atoms with Crippen LogP contribution in [-0.2, 0) is 0 Å². The normalized spacial score (nSPS) is 9.81. The van der Waals surface area contributed by atoms with Gasteiger partial charge in [-0.25, -0.2) is 8.78 Å². The topological polar surface area (TPSA) is 36.9 Å². The highest BCUT2D eigenvalue weighted by molar-refractivity contribution is 6.20. The van der Waals surface area contributed by atoms with E-state index in [0.717, 1.165) is 7.69 Å². The summed E-state index contributed by atoms with van der Waals surface area (Å²) in [5.74, 6) is 1.55. The Labute approximate surface area is 121 Å². The molecular formula is C14H12BF2O4. The highest BCUT2D eigenvalue weighted by Crippen LogP contribution is 2.21. The predicted octanol–water partition coefficient (Wildman–Crippen LogP) is 3.29. The molecule has 2 aromatic rings. The van der Waals surface area contributed by atoms with Crippen LogP contribution in [0.5, 0.6) is 23.0 Å². The number of hydrogen-bond donors (Lipinski definition) is 0. The molecule has 0 aliphatic rings. The van der Waals surface area contributed by atoms with Crippen molar-refractivity contribution in [1.29, 1.82) is 0 Å². The zero-order valence-corrected chi connectivity index (χ0v) is 11.0. The van der Waals surface area contributed by atoms with Crippen LogP contribution in [0.1, 0.15) is 0 Å². The van der Waals surface area contributed by atoms with E-state index < -0.39 is 13.7 Å². The van der Waals surface area contributed by atoms with E-state index in [4.69, 9.17) is 18.8 Å². The Morgan fingerprint density at radius 2 is 1.14 bits per heavy atom. The lowest BCUT2D eigenvalue weighted by molar-refractivity contribution is 0.191. The van der Waals surface area contributed by atoms with Crippen LogP contribution < -0.4 is 18.8 Å². The molecule has 0 aromatic heterocycles. The molecule has 0 fully saturated rings. The first kappa shape index (κ1) is 15.0. The molecule has 1 radical (unpaired) electrons. The van der Waals surface area contributed by atoms with Crippen LogP contribution in [0.25, 0.3) is 0 Å². The molecule has 0 aliphatic heterocycles. The van der Waals surface area contributed by atoms with Crippen molar-refractivity contribution < 1.29 is 27.6 Å². The van der Waals surface area contributed by atoms with Gasteiger partial charge in [0, 0.05) is 12.1 Å². The Bertz CT molecular complexity index is 519. The molecule has 4 nitrogen and oxygen atoms in total. The molecule has 0 atom stereocenters. The Hall–Kier alpha value is -2.44. The van der Waals surface area contributed by atoms with Crippen molar-refractivity contribution in [2.45, 2.75) is 0 Å². The molecule has 7 heteroatoms. The summed E-state index contributed by atoms with van der Waals surface area (Å²) in [6.07, 6.45) is 0. The molecular weight excluding hydrogens is 281 g/mol. The molecule has 0 amide bonds. The van der Waals surface area contributed by atoms with Crippen LogP contribution in [0.4, 0.5) is 8.78 Å². The minimum atomic E-state index is -0.912. The molecule has 0 saturated heterocycles. The maximum absolute atomic E-state index is 12.1. The summed E-state index contributed by atoms with van der Waals surface area (Å²) in [6, 6.07) is 12.9. The summed E-state index contributed by atoms with van der Waals surface area (Å²) in [5.41, 5.74) is 0. The van der Waals surface area contributed by atoms with E-state index in [1.165, 1.54) is 12.1 Å². The van der Waals surface area contributed by atoms with Gasteiger partial charge >= 0.3 is 7.69 Å². The fraction of sp³-hybridized carbons (Fsp3) is 0.143. The second-order valence-corrected chi connectivity index (χ2v) is 3.79. The zero-order chi connectivity index (χ0) is 14.9. The molecule has 0 heterocycles. The third kappa shape index (κ3) is 4.87. The fourth-order valence-corrected chi connectivity index (χ4v) is 1.54. The van der Waals surface area contributed by atoms with Crippen LogP contribution >= 0.6 is 0 Å². The number of benzene rings is 2. The van der Waals surface area contributed by atoms with E-state index in [0.29, 0.717) is 23.0 Å². The highest BCUT2D eigenvalue weighted by Gasteiger charge is 2.04. The van der Waals surface area contributed by atoms with Crippen LogP contribution in [0.15, 0.2) is 48.5 Å². The quantitative estimate of drug-likeness (QED) is 0.700. The van der Waals surface area contributed by atoms with Gasteiger partial charge in [0.1, 0.15) is 23.0 Å². The van der Waals surface area contributed by atoms with E-state index in [9.17, 15) is 8.78 Å². The molecule has 0 spiro atoms. The molecule has 0 saturated carbocycles. The first-order valence-electron chi connectivity index (χ1n) is 6.04. The standard InChI is InChI=1S/C14H12BF2O4/c16-9-18-11-3-1-5-13(7-11)20-15-21-14-6-2-4-12(8-14)19-10-17/h1-8H,9-10H2. The molecule has 0 aliphatic carbocycles. The van der Waals surface area contributed by atoms with E-state index in [1.807, 2.05) is 0 Å². The minimum Gasteiger partial charge on any atom is -0.526 e. The van der Waals surface area contributed by atoms with Crippen molar-refractivity contribution >= 4 is 7.69 Å². The first-order chi connectivity index (χ1) is 10.3. The largest absolute Gasteiger partial charge is 0.658 e. The van der Waals surface area contributed by atoms with Crippen molar-refractivity contribution in [2.24, 2.45) is 0 Å². The van der Waals surface area contributed by atoms with E-state index >= 15 is 0 Å². The summed E-state index contributed by atoms with van der Waals surface area (Å²) in [7, 11) is 1.10. The third-order valence-electron chi connectivity index (χ3n) is 2.42. The van der Waals surface area contributed by atoms with Crippen molar-refractivity contribution in [3.63, 3.8) is 0 Å². The Morgan fingerprint density at radius 1 is 0.714 bits per heavy atom. The number of halogens is 2. The summed E-state index contributed by atoms with van der Waals surface area (Å²) in [6.45, 7) is -1.82. The van der Waals surface area contributed by atoms with Crippen LogP contribution in [0, 0.1) is 0 Å². The van der Waals surface area contributed by atoms with Gasteiger partial charge in [0.05, 0.1) is 0 Å². The molecule has 21 heavy (non-hydrogen) atoms. The summed E-state index contributed by atoms with van der Waals surface area (Å²) in [4.78, 5) is 0. The average molecular weight is 293 g/mol. The van der Waals surface area contributed by atoms with Gasteiger partial charge in [0.25, 0.3) is 0 Å². The van der Waals surface area contributed by atoms with Gasteiger partial charge in [-0.15, -0.1) is 0 Å². The Kier molecular flexibility index (Phi) is 5.69. The highest BCUT2D eigenvalue weighted by atomic mass is 19.1. The number of ether oxygens (including phenoxy) is 2. The van der Waals surface area contributed by atoms with Gasteiger partial charge in [-0.2, -0.15) is 0 Å². The summed E-state index contributed by atoms with van der Waals surface area (Å²) >= 11 is 0.